The molecule has 0 unspecified atom stereocenters. The normalized spacial score (nSPS) is 18.1. The first-order valence-electron chi connectivity index (χ1n) is 9.30. The molecule has 1 aliphatic carbocycles. The topological polar surface area (TPSA) is 59.4 Å². The molecule has 1 saturated carbocycles. The van der Waals surface area contributed by atoms with Gasteiger partial charge >= 0.3 is 0 Å². The molecular formula is C20H23FN2O3S. The van der Waals surface area contributed by atoms with Crippen LogP contribution in [0.3, 0.4) is 0 Å². The van der Waals surface area contributed by atoms with E-state index in [1.807, 2.05) is 0 Å². The van der Waals surface area contributed by atoms with Crippen LogP contribution in [-0.2, 0) is 29.5 Å². The van der Waals surface area contributed by atoms with Gasteiger partial charge in [0.15, 0.2) is 0 Å². The summed E-state index contributed by atoms with van der Waals surface area (Å²) in [5, 5.41) is 0. The van der Waals surface area contributed by atoms with Gasteiger partial charge in [0.2, 0.25) is 10.0 Å². The Morgan fingerprint density at radius 1 is 1.19 bits per heavy atom. The van der Waals surface area contributed by atoms with Crippen LogP contribution in [0.1, 0.15) is 30.5 Å². The predicted octanol–water partition coefficient (Wildman–Crippen LogP) is 2.77. The van der Waals surface area contributed by atoms with Crippen LogP contribution in [-0.4, -0.2) is 30.1 Å². The molecule has 0 radical (unpaired) electrons. The van der Waals surface area contributed by atoms with E-state index in [0.717, 1.165) is 24.1 Å². The Balaban J connectivity index is 1.87. The van der Waals surface area contributed by atoms with Crippen molar-refractivity contribution in [2.75, 3.05) is 12.8 Å². The number of aromatic nitrogens is 1. The average molecular weight is 390 g/mol. The third kappa shape index (κ3) is 3.46. The number of hydrogen-bond acceptors (Lipinski definition) is 3. The van der Waals surface area contributed by atoms with Crippen molar-refractivity contribution in [1.82, 2.24) is 8.87 Å². The summed E-state index contributed by atoms with van der Waals surface area (Å²) < 4.78 is 41.5. The second-order valence-corrected chi connectivity index (χ2v) is 9.55. The number of nitrogens with zero attached hydrogens (tertiary/aromatic N) is 2. The third-order valence-electron chi connectivity index (χ3n) is 5.73. The van der Waals surface area contributed by atoms with E-state index in [2.05, 4.69) is 0 Å². The Morgan fingerprint density at radius 2 is 1.93 bits per heavy atom. The zero-order chi connectivity index (χ0) is 19.2. The number of halogens is 1. The Morgan fingerprint density at radius 3 is 2.56 bits per heavy atom. The van der Waals surface area contributed by atoms with Gasteiger partial charge in [-0.15, -0.1) is 0 Å². The van der Waals surface area contributed by atoms with Crippen molar-refractivity contribution in [2.24, 2.45) is 5.92 Å². The van der Waals surface area contributed by atoms with Gasteiger partial charge in [0.05, 0.1) is 11.8 Å². The highest BCUT2D eigenvalue weighted by Crippen LogP contribution is 2.31. The number of fused-ring (bicyclic) bond motifs is 1. The number of benzene rings is 1. The molecule has 0 spiro atoms. The Labute approximate surface area is 158 Å². The quantitative estimate of drug-likeness (QED) is 0.807. The number of sulfonamides is 1. The minimum absolute atomic E-state index is 0.182. The molecule has 2 heterocycles. The van der Waals surface area contributed by atoms with Gasteiger partial charge in [-0.25, -0.2) is 12.8 Å². The molecule has 1 aromatic heterocycles. The standard InChI is InChI=1S/C20H23FN2O3S/c1-27(25,26)22-10-9-19-15(13-22)11-17(16-7-2-3-8-18(16)21)20(24)23(19)12-14-5-4-6-14/h2-3,7-8,11,14H,4-6,9-10,12-13H2,1H3. The lowest BCUT2D eigenvalue weighted by molar-refractivity contribution is 0.267. The summed E-state index contributed by atoms with van der Waals surface area (Å²) in [5.41, 5.74) is 2.08. The van der Waals surface area contributed by atoms with Gasteiger partial charge in [-0.1, -0.05) is 24.6 Å². The minimum Gasteiger partial charge on any atom is -0.311 e. The Kier molecular flexibility index (Phi) is 4.68. The van der Waals surface area contributed by atoms with Gasteiger partial charge in [0.1, 0.15) is 5.82 Å². The molecule has 0 N–H and O–H groups in total. The van der Waals surface area contributed by atoms with Crippen molar-refractivity contribution in [3.05, 3.63) is 57.8 Å². The Bertz CT molecular complexity index is 1040. The van der Waals surface area contributed by atoms with Gasteiger partial charge < -0.3 is 4.57 Å². The summed E-state index contributed by atoms with van der Waals surface area (Å²) in [6.07, 6.45) is 5.07. The SMILES string of the molecule is CS(=O)(=O)N1CCc2c(cc(-c3ccccc3F)c(=O)n2CC2CCC2)C1. The summed E-state index contributed by atoms with van der Waals surface area (Å²) >= 11 is 0. The number of pyridine rings is 1. The molecule has 1 fully saturated rings. The first-order chi connectivity index (χ1) is 12.8. The van der Waals surface area contributed by atoms with Crippen LogP contribution in [0, 0.1) is 11.7 Å². The highest BCUT2D eigenvalue weighted by Gasteiger charge is 2.29. The molecule has 5 nitrogen and oxygen atoms in total. The fourth-order valence-electron chi connectivity index (χ4n) is 3.98. The van der Waals surface area contributed by atoms with Gasteiger partial charge in [-0.2, -0.15) is 4.31 Å². The lowest BCUT2D eigenvalue weighted by Gasteiger charge is -2.32. The van der Waals surface area contributed by atoms with Crippen molar-refractivity contribution in [3.63, 3.8) is 0 Å². The second kappa shape index (κ2) is 6.87. The van der Waals surface area contributed by atoms with Gasteiger partial charge in [-0.3, -0.25) is 4.79 Å². The molecule has 0 atom stereocenters. The van der Waals surface area contributed by atoms with E-state index in [9.17, 15) is 17.6 Å². The largest absolute Gasteiger partial charge is 0.311 e. The molecule has 4 rings (SSSR count). The molecule has 0 amide bonds. The van der Waals surface area contributed by atoms with Crippen molar-refractivity contribution in [2.45, 2.75) is 38.8 Å². The molecule has 1 aliphatic heterocycles. The maximum atomic E-state index is 14.4. The lowest BCUT2D eigenvalue weighted by Crippen LogP contribution is -2.40. The third-order valence-corrected chi connectivity index (χ3v) is 6.98. The zero-order valence-electron chi connectivity index (χ0n) is 15.3. The van der Waals surface area contributed by atoms with Crippen molar-refractivity contribution >= 4 is 10.0 Å². The summed E-state index contributed by atoms with van der Waals surface area (Å²) in [6, 6.07) is 7.92. The molecular weight excluding hydrogens is 367 g/mol. The number of hydrogen-bond donors (Lipinski definition) is 0. The van der Waals surface area contributed by atoms with E-state index in [1.54, 1.807) is 28.8 Å². The van der Waals surface area contributed by atoms with Gasteiger partial charge in [0.25, 0.3) is 5.56 Å². The molecule has 0 bridgehead atoms. The van der Waals surface area contributed by atoms with E-state index in [4.69, 9.17) is 0 Å². The first-order valence-corrected chi connectivity index (χ1v) is 11.1. The fraction of sp³-hybridized carbons (Fsp3) is 0.450. The van der Waals surface area contributed by atoms with E-state index in [0.29, 0.717) is 31.0 Å². The van der Waals surface area contributed by atoms with Crippen molar-refractivity contribution in [1.29, 1.82) is 0 Å². The van der Waals surface area contributed by atoms with Gasteiger partial charge in [-0.05, 0) is 36.5 Å². The van der Waals surface area contributed by atoms with Crippen molar-refractivity contribution in [3.8, 4) is 11.1 Å². The average Bonchev–Trinajstić information content (AvgIpc) is 2.58. The molecule has 0 saturated heterocycles. The first kappa shape index (κ1) is 18.4. The van der Waals surface area contributed by atoms with E-state index in [1.165, 1.54) is 23.0 Å². The lowest BCUT2D eigenvalue weighted by atomic mass is 9.85. The summed E-state index contributed by atoms with van der Waals surface area (Å²) in [6.45, 7) is 1.22. The summed E-state index contributed by atoms with van der Waals surface area (Å²) in [4.78, 5) is 13.2. The van der Waals surface area contributed by atoms with Crippen LogP contribution in [0.15, 0.2) is 35.1 Å². The Hall–Kier alpha value is -1.99. The molecule has 2 aromatic rings. The monoisotopic (exact) mass is 390 g/mol. The fourth-order valence-corrected chi connectivity index (χ4v) is 4.77. The maximum Gasteiger partial charge on any atom is 0.258 e. The molecule has 27 heavy (non-hydrogen) atoms. The van der Waals surface area contributed by atoms with Crippen LogP contribution in [0.4, 0.5) is 4.39 Å². The van der Waals surface area contributed by atoms with Crippen molar-refractivity contribution < 1.29 is 12.8 Å². The molecule has 144 valence electrons. The molecule has 1 aromatic carbocycles. The van der Waals surface area contributed by atoms with E-state index in [-0.39, 0.29) is 17.7 Å². The van der Waals surface area contributed by atoms with Crippen LogP contribution >= 0.6 is 0 Å². The smallest absolute Gasteiger partial charge is 0.258 e. The van der Waals surface area contributed by atoms with Crippen LogP contribution < -0.4 is 5.56 Å². The predicted molar refractivity (Wildman–Crippen MR) is 102 cm³/mol. The minimum atomic E-state index is -3.32. The van der Waals surface area contributed by atoms with E-state index < -0.39 is 15.8 Å². The zero-order valence-corrected chi connectivity index (χ0v) is 16.1. The number of rotatable bonds is 4. The maximum absolute atomic E-state index is 14.4. The highest BCUT2D eigenvalue weighted by molar-refractivity contribution is 7.88. The summed E-state index contributed by atoms with van der Waals surface area (Å²) in [7, 11) is -3.32. The molecule has 7 heteroatoms. The van der Waals surface area contributed by atoms with Crippen LogP contribution in [0.25, 0.3) is 11.1 Å². The van der Waals surface area contributed by atoms with E-state index >= 15 is 0 Å². The van der Waals surface area contributed by atoms with Gasteiger partial charge in [0, 0.05) is 37.3 Å². The highest BCUT2D eigenvalue weighted by atomic mass is 32.2. The molecule has 2 aliphatic rings. The summed E-state index contributed by atoms with van der Waals surface area (Å²) in [5.74, 6) is 0.0242. The van der Waals surface area contributed by atoms with Crippen LogP contribution in [0.5, 0.6) is 0 Å². The second-order valence-electron chi connectivity index (χ2n) is 7.57. The van der Waals surface area contributed by atoms with Crippen LogP contribution in [0.2, 0.25) is 0 Å².